The van der Waals surface area contributed by atoms with Crippen molar-refractivity contribution in [3.63, 3.8) is 0 Å². The van der Waals surface area contributed by atoms with E-state index in [9.17, 15) is 18.3 Å². The van der Waals surface area contributed by atoms with Gasteiger partial charge in [0.25, 0.3) is 0 Å². The predicted octanol–water partition coefficient (Wildman–Crippen LogP) is 5.37. The monoisotopic (exact) mass is 419 g/mol. The van der Waals surface area contributed by atoms with Gasteiger partial charge in [-0.15, -0.1) is 0 Å². The summed E-state index contributed by atoms with van der Waals surface area (Å²) in [5.74, 6) is 0. The summed E-state index contributed by atoms with van der Waals surface area (Å²) in [6.45, 7) is 0. The Bertz CT molecular complexity index is 1390. The standard InChI is InChI=1S/C24H16F3N3O/c25-24(26,27)23(31,20-12-13-28-21-9-5-4-8-19(20)21)17-10-11-22-16(14-17)15-29-30(22)18-6-2-1-3-7-18/h1-15,31H. The Morgan fingerprint density at radius 1 is 0.839 bits per heavy atom. The van der Waals surface area contributed by atoms with Crippen molar-refractivity contribution >= 4 is 21.8 Å². The SMILES string of the molecule is OC(c1ccc2c(cnn2-c2ccccc2)c1)(c1ccnc2ccccc12)C(F)(F)F. The maximum Gasteiger partial charge on any atom is 0.425 e. The van der Waals surface area contributed by atoms with Gasteiger partial charge >= 0.3 is 6.18 Å². The quantitative estimate of drug-likeness (QED) is 0.428. The number of pyridine rings is 1. The van der Waals surface area contributed by atoms with Crippen LogP contribution < -0.4 is 0 Å². The minimum absolute atomic E-state index is 0.241. The number of nitrogens with zero attached hydrogens (tertiary/aromatic N) is 3. The Balaban J connectivity index is 1.73. The molecule has 2 heterocycles. The zero-order valence-corrected chi connectivity index (χ0v) is 16.1. The van der Waals surface area contributed by atoms with Crippen molar-refractivity contribution in [3.8, 4) is 5.69 Å². The molecule has 0 saturated carbocycles. The fourth-order valence-corrected chi connectivity index (χ4v) is 3.92. The number of benzene rings is 3. The Morgan fingerprint density at radius 2 is 1.58 bits per heavy atom. The molecule has 1 unspecified atom stereocenters. The van der Waals surface area contributed by atoms with Crippen molar-refractivity contribution in [2.24, 2.45) is 0 Å². The minimum Gasteiger partial charge on any atom is -0.372 e. The molecule has 0 radical (unpaired) electrons. The van der Waals surface area contributed by atoms with Gasteiger partial charge in [0, 0.05) is 22.5 Å². The van der Waals surface area contributed by atoms with Crippen molar-refractivity contribution < 1.29 is 18.3 Å². The average Bonchev–Trinajstić information content (AvgIpc) is 3.21. The largest absolute Gasteiger partial charge is 0.425 e. The first kappa shape index (κ1) is 19.3. The van der Waals surface area contributed by atoms with E-state index in [1.807, 2.05) is 30.3 Å². The molecule has 5 rings (SSSR count). The number of fused-ring (bicyclic) bond motifs is 2. The molecule has 2 aromatic heterocycles. The van der Waals surface area contributed by atoms with E-state index in [-0.39, 0.29) is 16.5 Å². The molecule has 1 N–H and O–H groups in total. The molecule has 0 aliphatic carbocycles. The molecule has 7 heteroatoms. The number of hydrogen-bond acceptors (Lipinski definition) is 3. The van der Waals surface area contributed by atoms with Crippen LogP contribution >= 0.6 is 0 Å². The molecular formula is C24H16F3N3O. The summed E-state index contributed by atoms with van der Waals surface area (Å²) >= 11 is 0. The molecule has 0 amide bonds. The Morgan fingerprint density at radius 3 is 2.35 bits per heavy atom. The maximum absolute atomic E-state index is 14.4. The molecule has 0 saturated heterocycles. The highest BCUT2D eigenvalue weighted by atomic mass is 19.4. The number of halogens is 3. The van der Waals surface area contributed by atoms with Crippen molar-refractivity contribution in [1.29, 1.82) is 0 Å². The fourth-order valence-electron chi connectivity index (χ4n) is 3.92. The van der Waals surface area contributed by atoms with Crippen LogP contribution in [0.5, 0.6) is 0 Å². The van der Waals surface area contributed by atoms with Gasteiger partial charge in [-0.1, -0.05) is 42.5 Å². The van der Waals surface area contributed by atoms with E-state index in [4.69, 9.17) is 0 Å². The fraction of sp³-hybridized carbons (Fsp3) is 0.0833. The van der Waals surface area contributed by atoms with Crippen LogP contribution in [-0.2, 0) is 5.60 Å². The van der Waals surface area contributed by atoms with Crippen LogP contribution in [0.4, 0.5) is 13.2 Å². The molecule has 0 fully saturated rings. The number of alkyl halides is 3. The number of aliphatic hydroxyl groups is 1. The van der Waals surface area contributed by atoms with Crippen molar-refractivity contribution in [1.82, 2.24) is 14.8 Å². The van der Waals surface area contributed by atoms with Gasteiger partial charge < -0.3 is 5.11 Å². The molecule has 0 aliphatic rings. The smallest absolute Gasteiger partial charge is 0.372 e. The number of aromatic nitrogens is 3. The van der Waals surface area contributed by atoms with Gasteiger partial charge in [-0.2, -0.15) is 18.3 Å². The van der Waals surface area contributed by atoms with Crippen LogP contribution in [0.25, 0.3) is 27.5 Å². The van der Waals surface area contributed by atoms with E-state index < -0.39 is 11.8 Å². The summed E-state index contributed by atoms with van der Waals surface area (Å²) in [7, 11) is 0. The van der Waals surface area contributed by atoms with Gasteiger partial charge in [0.05, 0.1) is 22.9 Å². The number of hydrogen-bond donors (Lipinski definition) is 1. The van der Waals surface area contributed by atoms with Gasteiger partial charge in [-0.05, 0) is 42.0 Å². The lowest BCUT2D eigenvalue weighted by Crippen LogP contribution is -2.43. The summed E-state index contributed by atoms with van der Waals surface area (Å²) in [4.78, 5) is 4.13. The topological polar surface area (TPSA) is 50.9 Å². The molecule has 0 spiro atoms. The van der Waals surface area contributed by atoms with E-state index in [0.717, 1.165) is 5.69 Å². The first-order valence-corrected chi connectivity index (χ1v) is 9.56. The normalized spacial score (nSPS) is 14.1. The predicted molar refractivity (Wildman–Crippen MR) is 112 cm³/mol. The van der Waals surface area contributed by atoms with Gasteiger partial charge in [0.15, 0.2) is 0 Å². The Labute approximate surface area is 175 Å². The Kier molecular flexibility index (Phi) is 4.30. The van der Waals surface area contributed by atoms with E-state index in [1.54, 1.807) is 28.9 Å². The lowest BCUT2D eigenvalue weighted by atomic mass is 9.83. The summed E-state index contributed by atoms with van der Waals surface area (Å²) < 4.78 is 44.8. The third-order valence-corrected chi connectivity index (χ3v) is 5.44. The molecule has 0 aliphatic heterocycles. The summed E-state index contributed by atoms with van der Waals surface area (Å²) in [6.07, 6.45) is -2.19. The number of rotatable bonds is 3. The highest BCUT2D eigenvalue weighted by Crippen LogP contribution is 2.46. The lowest BCUT2D eigenvalue weighted by molar-refractivity contribution is -0.247. The molecule has 154 valence electrons. The van der Waals surface area contributed by atoms with E-state index in [2.05, 4.69) is 10.1 Å². The van der Waals surface area contributed by atoms with Crippen molar-refractivity contribution in [2.75, 3.05) is 0 Å². The molecule has 4 nitrogen and oxygen atoms in total. The van der Waals surface area contributed by atoms with E-state index in [1.165, 1.54) is 36.7 Å². The lowest BCUT2D eigenvalue weighted by Gasteiger charge is -2.32. The zero-order chi connectivity index (χ0) is 21.6. The molecule has 31 heavy (non-hydrogen) atoms. The van der Waals surface area contributed by atoms with Gasteiger partial charge in [0.2, 0.25) is 5.60 Å². The first-order chi connectivity index (χ1) is 14.9. The van der Waals surface area contributed by atoms with Gasteiger partial charge in [0.1, 0.15) is 0 Å². The highest BCUT2D eigenvalue weighted by Gasteiger charge is 2.57. The second-order valence-electron chi connectivity index (χ2n) is 7.25. The van der Waals surface area contributed by atoms with E-state index in [0.29, 0.717) is 16.4 Å². The minimum atomic E-state index is -4.96. The third kappa shape index (κ3) is 2.97. The maximum atomic E-state index is 14.4. The summed E-state index contributed by atoms with van der Waals surface area (Å²) in [5.41, 5.74) is -1.95. The van der Waals surface area contributed by atoms with Gasteiger partial charge in [-0.3, -0.25) is 4.98 Å². The van der Waals surface area contributed by atoms with Crippen LogP contribution in [0.1, 0.15) is 11.1 Å². The molecule has 1 atom stereocenters. The zero-order valence-electron chi connectivity index (χ0n) is 16.1. The third-order valence-electron chi connectivity index (χ3n) is 5.44. The van der Waals surface area contributed by atoms with Crippen molar-refractivity contribution in [2.45, 2.75) is 11.8 Å². The summed E-state index contributed by atoms with van der Waals surface area (Å²) in [5, 5.41) is 16.2. The molecular weight excluding hydrogens is 403 g/mol. The van der Waals surface area contributed by atoms with E-state index >= 15 is 0 Å². The second-order valence-corrected chi connectivity index (χ2v) is 7.25. The van der Waals surface area contributed by atoms with Crippen molar-refractivity contribution in [3.05, 3.63) is 102 Å². The molecule has 0 bridgehead atoms. The molecule has 3 aromatic carbocycles. The van der Waals surface area contributed by atoms with Crippen LogP contribution in [0.2, 0.25) is 0 Å². The van der Waals surface area contributed by atoms with Crippen LogP contribution in [0, 0.1) is 0 Å². The first-order valence-electron chi connectivity index (χ1n) is 9.56. The highest BCUT2D eigenvalue weighted by molar-refractivity contribution is 5.85. The summed E-state index contributed by atoms with van der Waals surface area (Å²) in [6, 6.07) is 21.1. The van der Waals surface area contributed by atoms with Crippen LogP contribution in [-0.4, -0.2) is 26.0 Å². The van der Waals surface area contributed by atoms with Gasteiger partial charge in [-0.25, -0.2) is 4.68 Å². The average molecular weight is 419 g/mol. The Hall–Kier alpha value is -3.71. The van der Waals surface area contributed by atoms with Crippen LogP contribution in [0.3, 0.4) is 0 Å². The number of para-hydroxylation sites is 2. The molecule has 5 aromatic rings. The second kappa shape index (κ2) is 6.92. The van der Waals surface area contributed by atoms with Crippen LogP contribution in [0.15, 0.2) is 91.3 Å².